The third-order valence-electron chi connectivity index (χ3n) is 2.90. The van der Waals surface area contributed by atoms with E-state index in [0.717, 1.165) is 15.8 Å². The highest BCUT2D eigenvalue weighted by atomic mass is 32.1. The number of aromatic nitrogens is 1. The Bertz CT molecular complexity index is 739. The molecule has 0 unspecified atom stereocenters. The number of carbonyl (C=O) groups is 1. The van der Waals surface area contributed by atoms with E-state index in [1.165, 1.54) is 11.3 Å². The fourth-order valence-electron chi connectivity index (χ4n) is 1.98. The van der Waals surface area contributed by atoms with Crippen molar-refractivity contribution in [2.75, 3.05) is 6.61 Å². The molecule has 1 aromatic carbocycles. The van der Waals surface area contributed by atoms with Gasteiger partial charge in [0.1, 0.15) is 5.58 Å². The van der Waals surface area contributed by atoms with Gasteiger partial charge in [-0.25, -0.2) is 9.78 Å². The van der Waals surface area contributed by atoms with Gasteiger partial charge in [0, 0.05) is 10.3 Å². The molecule has 0 bridgehead atoms. The maximum atomic E-state index is 11.8. The molecule has 0 N–H and O–H groups in total. The topological polar surface area (TPSA) is 52.3 Å². The second-order valence-corrected chi connectivity index (χ2v) is 5.50. The first-order valence-electron chi connectivity index (χ1n) is 6.32. The Morgan fingerprint density at radius 1 is 1.40 bits per heavy atom. The Hall–Kier alpha value is -2.14. The van der Waals surface area contributed by atoms with Gasteiger partial charge in [-0.05, 0) is 26.0 Å². The van der Waals surface area contributed by atoms with Crippen molar-refractivity contribution < 1.29 is 13.9 Å². The summed E-state index contributed by atoms with van der Waals surface area (Å²) in [6.07, 6.45) is 0. The van der Waals surface area contributed by atoms with Crippen LogP contribution in [0.1, 0.15) is 22.3 Å². The molecule has 2 aromatic heterocycles. The summed E-state index contributed by atoms with van der Waals surface area (Å²) in [5.41, 5.74) is 1.18. The lowest BCUT2D eigenvalue weighted by Crippen LogP contribution is -2.06. The molecule has 0 radical (unpaired) electrons. The number of para-hydroxylation sites is 1. The number of furan rings is 1. The number of thiazole rings is 1. The number of rotatable bonds is 3. The lowest BCUT2D eigenvalue weighted by Gasteiger charge is -1.97. The number of benzene rings is 1. The fourth-order valence-corrected chi connectivity index (χ4v) is 2.83. The van der Waals surface area contributed by atoms with Crippen LogP contribution in [0.3, 0.4) is 0 Å². The highest BCUT2D eigenvalue weighted by molar-refractivity contribution is 7.15. The zero-order valence-corrected chi connectivity index (χ0v) is 12.0. The van der Waals surface area contributed by atoms with Crippen LogP contribution >= 0.6 is 11.3 Å². The van der Waals surface area contributed by atoms with Crippen molar-refractivity contribution in [1.29, 1.82) is 0 Å². The Balaban J connectivity index is 2.02. The van der Waals surface area contributed by atoms with Gasteiger partial charge in [-0.15, -0.1) is 11.3 Å². The summed E-state index contributed by atoms with van der Waals surface area (Å²) >= 11 is 1.43. The van der Waals surface area contributed by atoms with Crippen molar-refractivity contribution in [3.05, 3.63) is 40.9 Å². The van der Waals surface area contributed by atoms with E-state index in [1.807, 2.05) is 37.3 Å². The first kappa shape index (κ1) is 12.9. The van der Waals surface area contributed by atoms with Crippen LogP contribution in [0.15, 0.2) is 34.7 Å². The van der Waals surface area contributed by atoms with Crippen molar-refractivity contribution in [2.45, 2.75) is 13.8 Å². The van der Waals surface area contributed by atoms with Crippen molar-refractivity contribution >= 4 is 28.3 Å². The van der Waals surface area contributed by atoms with Crippen molar-refractivity contribution in [1.82, 2.24) is 4.98 Å². The predicted molar refractivity (Wildman–Crippen MR) is 78.0 cm³/mol. The van der Waals surface area contributed by atoms with E-state index in [0.29, 0.717) is 23.1 Å². The summed E-state index contributed by atoms with van der Waals surface area (Å²) in [6.45, 7) is 3.98. The van der Waals surface area contributed by atoms with Crippen LogP contribution < -0.4 is 0 Å². The van der Waals surface area contributed by atoms with Crippen LogP contribution in [0.5, 0.6) is 0 Å². The van der Waals surface area contributed by atoms with Crippen LogP contribution in [0.4, 0.5) is 0 Å². The standard InChI is InChI=1S/C15H13NO3S/c1-3-18-15(17)13-9(2)20-14(16-13)12-8-10-6-4-5-7-11(10)19-12/h4-8H,3H2,1-2H3. The molecule has 3 aromatic rings. The van der Waals surface area contributed by atoms with E-state index < -0.39 is 0 Å². The molecule has 0 saturated carbocycles. The van der Waals surface area contributed by atoms with Crippen molar-refractivity contribution in [3.8, 4) is 10.8 Å². The van der Waals surface area contributed by atoms with Gasteiger partial charge >= 0.3 is 5.97 Å². The van der Waals surface area contributed by atoms with Crippen LogP contribution in [-0.2, 0) is 4.74 Å². The maximum Gasteiger partial charge on any atom is 0.358 e. The minimum atomic E-state index is -0.386. The molecule has 0 aliphatic heterocycles. The number of carbonyl (C=O) groups excluding carboxylic acids is 1. The summed E-state index contributed by atoms with van der Waals surface area (Å²) in [6, 6.07) is 9.70. The molecule has 102 valence electrons. The summed E-state index contributed by atoms with van der Waals surface area (Å²) in [5.74, 6) is 0.290. The third-order valence-corrected chi connectivity index (χ3v) is 3.89. The molecular weight excluding hydrogens is 274 g/mol. The number of fused-ring (bicyclic) bond motifs is 1. The van der Waals surface area contributed by atoms with E-state index in [2.05, 4.69) is 4.98 Å². The molecule has 0 aliphatic rings. The number of aryl methyl sites for hydroxylation is 1. The third kappa shape index (κ3) is 2.20. The summed E-state index contributed by atoms with van der Waals surface area (Å²) in [4.78, 5) is 17.0. The van der Waals surface area contributed by atoms with E-state index in [9.17, 15) is 4.79 Å². The molecule has 0 amide bonds. The molecule has 5 heteroatoms. The number of ether oxygens (including phenoxy) is 1. The zero-order chi connectivity index (χ0) is 14.1. The van der Waals surface area contributed by atoms with Gasteiger partial charge in [0.25, 0.3) is 0 Å². The predicted octanol–water partition coefficient (Wildman–Crippen LogP) is 4.04. The molecule has 0 aliphatic carbocycles. The van der Waals surface area contributed by atoms with E-state index in [4.69, 9.17) is 9.15 Å². The van der Waals surface area contributed by atoms with E-state index in [-0.39, 0.29) is 5.97 Å². The molecule has 0 spiro atoms. The van der Waals surface area contributed by atoms with Crippen molar-refractivity contribution in [2.24, 2.45) is 0 Å². The second-order valence-electron chi connectivity index (χ2n) is 4.29. The number of hydrogen-bond donors (Lipinski definition) is 0. The first-order valence-corrected chi connectivity index (χ1v) is 7.14. The maximum absolute atomic E-state index is 11.8. The summed E-state index contributed by atoms with van der Waals surface area (Å²) in [7, 11) is 0. The smallest absolute Gasteiger partial charge is 0.358 e. The van der Waals surface area contributed by atoms with Crippen LogP contribution in [0.25, 0.3) is 21.7 Å². The first-order chi connectivity index (χ1) is 9.69. The summed E-state index contributed by atoms with van der Waals surface area (Å²) in [5, 5.41) is 1.72. The average Bonchev–Trinajstić information content (AvgIpc) is 3.02. The Morgan fingerprint density at radius 2 is 2.20 bits per heavy atom. The number of hydrogen-bond acceptors (Lipinski definition) is 5. The average molecular weight is 287 g/mol. The lowest BCUT2D eigenvalue weighted by atomic mass is 10.2. The molecule has 3 rings (SSSR count). The quantitative estimate of drug-likeness (QED) is 0.682. The summed E-state index contributed by atoms with van der Waals surface area (Å²) < 4.78 is 10.7. The van der Waals surface area contributed by atoms with Crippen LogP contribution in [0.2, 0.25) is 0 Å². The van der Waals surface area contributed by atoms with Crippen LogP contribution in [0, 0.1) is 6.92 Å². The highest BCUT2D eigenvalue weighted by Gasteiger charge is 2.19. The largest absolute Gasteiger partial charge is 0.461 e. The van der Waals surface area contributed by atoms with Crippen molar-refractivity contribution in [3.63, 3.8) is 0 Å². The van der Waals surface area contributed by atoms with E-state index >= 15 is 0 Å². The minimum Gasteiger partial charge on any atom is -0.461 e. The number of nitrogens with zero attached hydrogens (tertiary/aromatic N) is 1. The SMILES string of the molecule is CCOC(=O)c1nc(-c2cc3ccccc3o2)sc1C. The van der Waals surface area contributed by atoms with Gasteiger partial charge < -0.3 is 9.15 Å². The van der Waals surface area contributed by atoms with Gasteiger partial charge in [-0.3, -0.25) is 0 Å². The Labute approximate surface area is 120 Å². The van der Waals surface area contributed by atoms with Crippen LogP contribution in [-0.4, -0.2) is 17.6 Å². The van der Waals surface area contributed by atoms with E-state index in [1.54, 1.807) is 6.92 Å². The highest BCUT2D eigenvalue weighted by Crippen LogP contribution is 2.32. The Morgan fingerprint density at radius 3 is 2.95 bits per heavy atom. The fraction of sp³-hybridized carbons (Fsp3) is 0.200. The second kappa shape index (κ2) is 5.09. The monoisotopic (exact) mass is 287 g/mol. The van der Waals surface area contributed by atoms with Gasteiger partial charge in [0.05, 0.1) is 6.61 Å². The number of esters is 1. The zero-order valence-electron chi connectivity index (χ0n) is 11.2. The van der Waals surface area contributed by atoms with Gasteiger partial charge in [0.2, 0.25) is 0 Å². The molecular formula is C15H13NO3S. The van der Waals surface area contributed by atoms with Gasteiger partial charge in [-0.2, -0.15) is 0 Å². The molecule has 0 saturated heterocycles. The Kier molecular flexibility index (Phi) is 3.28. The molecule has 0 fully saturated rings. The molecule has 0 atom stereocenters. The lowest BCUT2D eigenvalue weighted by molar-refractivity contribution is 0.0519. The minimum absolute atomic E-state index is 0.343. The molecule has 20 heavy (non-hydrogen) atoms. The molecule has 4 nitrogen and oxygen atoms in total. The molecule has 2 heterocycles. The van der Waals surface area contributed by atoms with Gasteiger partial charge in [0.15, 0.2) is 16.5 Å². The van der Waals surface area contributed by atoms with Gasteiger partial charge in [-0.1, -0.05) is 18.2 Å². The normalized spacial score (nSPS) is 10.9.